The average Bonchev–Trinajstić information content (AvgIpc) is 3.55. The molecule has 0 aliphatic carbocycles. The summed E-state index contributed by atoms with van der Waals surface area (Å²) in [6.07, 6.45) is 2.88. The Bertz CT molecular complexity index is 1310. The van der Waals surface area contributed by atoms with Gasteiger partial charge in [0.05, 0.1) is 24.9 Å². The molecule has 9 nitrogen and oxygen atoms in total. The number of rotatable bonds is 8. The summed E-state index contributed by atoms with van der Waals surface area (Å²) in [6.45, 7) is -0.0653. The lowest BCUT2D eigenvalue weighted by Crippen LogP contribution is -2.34. The number of ether oxygens (including phenoxy) is 1. The fourth-order valence-electron chi connectivity index (χ4n) is 2.94. The molecule has 0 fully saturated rings. The normalized spacial score (nSPS) is 11.2. The van der Waals surface area contributed by atoms with Crippen LogP contribution in [0.4, 0.5) is 0 Å². The van der Waals surface area contributed by atoms with E-state index in [0.717, 1.165) is 0 Å². The third kappa shape index (κ3) is 5.51. The zero-order valence-electron chi connectivity index (χ0n) is 17.9. The first kappa shape index (κ1) is 22.8. The molecule has 0 unspecified atom stereocenters. The van der Waals surface area contributed by atoms with Gasteiger partial charge in [0.2, 0.25) is 11.7 Å². The van der Waals surface area contributed by atoms with Crippen molar-refractivity contribution in [2.45, 2.75) is 6.54 Å². The Balaban J connectivity index is 1.47. The highest BCUT2D eigenvalue weighted by Crippen LogP contribution is 2.24. The Labute approximate surface area is 199 Å². The van der Waals surface area contributed by atoms with Crippen molar-refractivity contribution >= 4 is 29.5 Å². The van der Waals surface area contributed by atoms with E-state index < -0.39 is 11.8 Å². The second kappa shape index (κ2) is 10.5. The van der Waals surface area contributed by atoms with E-state index >= 15 is 0 Å². The van der Waals surface area contributed by atoms with Crippen molar-refractivity contribution < 1.29 is 23.3 Å². The van der Waals surface area contributed by atoms with Crippen LogP contribution in [-0.4, -0.2) is 29.1 Å². The van der Waals surface area contributed by atoms with Gasteiger partial charge in [0.15, 0.2) is 0 Å². The highest BCUT2D eigenvalue weighted by atomic mass is 35.5. The number of furan rings is 1. The van der Waals surface area contributed by atoms with Crippen molar-refractivity contribution in [2.75, 3.05) is 7.11 Å². The number of nitrogens with one attached hydrogen (secondary N) is 2. The summed E-state index contributed by atoms with van der Waals surface area (Å²) in [5.41, 5.74) is 0.928. The quantitative estimate of drug-likeness (QED) is 0.366. The van der Waals surface area contributed by atoms with E-state index in [2.05, 4.69) is 20.8 Å². The smallest absolute Gasteiger partial charge is 0.268 e. The number of nitrogens with zero attached hydrogens (tertiary/aromatic N) is 2. The Kier molecular flexibility index (Phi) is 7.04. The molecule has 2 aromatic heterocycles. The molecule has 0 atom stereocenters. The second-order valence-corrected chi connectivity index (χ2v) is 7.34. The number of hydrogen-bond donors (Lipinski definition) is 2. The predicted molar refractivity (Wildman–Crippen MR) is 124 cm³/mol. The topological polar surface area (TPSA) is 119 Å². The molecule has 2 amide bonds. The van der Waals surface area contributed by atoms with Gasteiger partial charge in [0, 0.05) is 17.2 Å². The average molecular weight is 479 g/mol. The van der Waals surface area contributed by atoms with Crippen LogP contribution in [0.15, 0.2) is 81.6 Å². The van der Waals surface area contributed by atoms with Crippen LogP contribution in [0.5, 0.6) is 5.75 Å². The Hall–Kier alpha value is -4.37. The number of carbonyl (C=O) groups is 2. The molecule has 10 heteroatoms. The molecule has 0 saturated carbocycles. The lowest BCUT2D eigenvalue weighted by atomic mass is 10.2. The van der Waals surface area contributed by atoms with Crippen molar-refractivity contribution in [1.82, 2.24) is 20.8 Å². The van der Waals surface area contributed by atoms with E-state index in [1.54, 1.807) is 60.7 Å². The van der Waals surface area contributed by atoms with Gasteiger partial charge in [-0.1, -0.05) is 28.9 Å². The van der Waals surface area contributed by atoms with Gasteiger partial charge in [-0.25, -0.2) is 0 Å². The SMILES string of the molecule is COc1ccc(C(=O)N/C(=C\c2ccco2)C(=O)NCc2nc(-c3ccccc3Cl)no2)cc1. The summed E-state index contributed by atoms with van der Waals surface area (Å²) in [5.74, 6) is 0.414. The molecule has 172 valence electrons. The largest absolute Gasteiger partial charge is 0.497 e. The van der Waals surface area contributed by atoms with Crippen molar-refractivity contribution in [3.8, 4) is 17.1 Å². The van der Waals surface area contributed by atoms with E-state index in [1.165, 1.54) is 19.4 Å². The van der Waals surface area contributed by atoms with Gasteiger partial charge in [-0.05, 0) is 48.5 Å². The molecular formula is C24H19ClN4O5. The van der Waals surface area contributed by atoms with Gasteiger partial charge in [-0.3, -0.25) is 9.59 Å². The number of carbonyl (C=O) groups excluding carboxylic acids is 2. The van der Waals surface area contributed by atoms with Crippen LogP contribution in [-0.2, 0) is 11.3 Å². The highest BCUT2D eigenvalue weighted by Gasteiger charge is 2.17. The lowest BCUT2D eigenvalue weighted by Gasteiger charge is -2.10. The van der Waals surface area contributed by atoms with E-state index in [1.807, 2.05) is 0 Å². The Morgan fingerprint density at radius 3 is 2.59 bits per heavy atom. The van der Waals surface area contributed by atoms with Crippen LogP contribution in [0.25, 0.3) is 17.5 Å². The molecule has 0 saturated heterocycles. The van der Waals surface area contributed by atoms with E-state index in [9.17, 15) is 9.59 Å². The van der Waals surface area contributed by atoms with E-state index in [4.69, 9.17) is 25.3 Å². The Morgan fingerprint density at radius 1 is 1.09 bits per heavy atom. The van der Waals surface area contributed by atoms with Crippen LogP contribution in [0.1, 0.15) is 22.0 Å². The van der Waals surface area contributed by atoms with Gasteiger partial charge in [0.1, 0.15) is 17.2 Å². The summed E-state index contributed by atoms with van der Waals surface area (Å²) in [4.78, 5) is 29.8. The first-order valence-electron chi connectivity index (χ1n) is 10.1. The first-order chi connectivity index (χ1) is 16.5. The molecule has 2 aromatic carbocycles. The molecule has 0 spiro atoms. The van der Waals surface area contributed by atoms with Crippen LogP contribution in [0.3, 0.4) is 0 Å². The molecule has 0 aliphatic heterocycles. The van der Waals surface area contributed by atoms with E-state index in [-0.39, 0.29) is 18.1 Å². The molecule has 0 radical (unpaired) electrons. The Morgan fingerprint density at radius 2 is 1.88 bits per heavy atom. The van der Waals surface area contributed by atoms with Crippen LogP contribution >= 0.6 is 11.6 Å². The monoisotopic (exact) mass is 478 g/mol. The molecular weight excluding hydrogens is 460 g/mol. The minimum atomic E-state index is -0.573. The van der Waals surface area contributed by atoms with Crippen LogP contribution in [0, 0.1) is 0 Å². The maximum atomic E-state index is 12.9. The molecule has 0 aliphatic rings. The van der Waals surface area contributed by atoms with Crippen molar-refractivity contribution in [2.24, 2.45) is 0 Å². The van der Waals surface area contributed by atoms with Crippen molar-refractivity contribution in [1.29, 1.82) is 0 Å². The number of halogens is 1. The maximum absolute atomic E-state index is 12.9. The van der Waals surface area contributed by atoms with Gasteiger partial charge in [0.25, 0.3) is 11.8 Å². The standard InChI is InChI=1S/C24H19ClN4O5/c1-32-16-10-8-15(9-11-16)23(30)27-20(13-17-5-4-12-33-17)24(31)26-14-21-28-22(29-34-21)18-6-2-3-7-19(18)25/h2-13H,14H2,1H3,(H,26,31)(H,27,30)/b20-13-. The number of amides is 2. The van der Waals surface area contributed by atoms with Gasteiger partial charge in [-0.15, -0.1) is 0 Å². The fourth-order valence-corrected chi connectivity index (χ4v) is 3.16. The van der Waals surface area contributed by atoms with Crippen molar-refractivity contribution in [3.05, 3.63) is 94.9 Å². The third-order valence-corrected chi connectivity index (χ3v) is 4.99. The summed E-state index contributed by atoms with van der Waals surface area (Å²) in [6, 6.07) is 16.9. The summed E-state index contributed by atoms with van der Waals surface area (Å²) < 4.78 is 15.6. The first-order valence-corrected chi connectivity index (χ1v) is 10.5. The zero-order valence-corrected chi connectivity index (χ0v) is 18.7. The minimum Gasteiger partial charge on any atom is -0.497 e. The maximum Gasteiger partial charge on any atom is 0.268 e. The van der Waals surface area contributed by atoms with Crippen LogP contribution in [0.2, 0.25) is 5.02 Å². The van der Waals surface area contributed by atoms with Crippen LogP contribution < -0.4 is 15.4 Å². The number of aromatic nitrogens is 2. The lowest BCUT2D eigenvalue weighted by molar-refractivity contribution is -0.118. The molecule has 4 rings (SSSR count). The molecule has 2 heterocycles. The number of methoxy groups -OCH3 is 1. The molecule has 34 heavy (non-hydrogen) atoms. The van der Waals surface area contributed by atoms with Gasteiger partial charge in [-0.2, -0.15) is 4.98 Å². The third-order valence-electron chi connectivity index (χ3n) is 4.66. The summed E-state index contributed by atoms with van der Waals surface area (Å²) >= 11 is 6.17. The fraction of sp³-hybridized carbons (Fsp3) is 0.0833. The zero-order chi connectivity index (χ0) is 23.9. The van der Waals surface area contributed by atoms with Gasteiger partial charge < -0.3 is 24.3 Å². The molecule has 4 aromatic rings. The van der Waals surface area contributed by atoms with Crippen molar-refractivity contribution in [3.63, 3.8) is 0 Å². The molecule has 0 bridgehead atoms. The number of hydrogen-bond acceptors (Lipinski definition) is 7. The highest BCUT2D eigenvalue weighted by molar-refractivity contribution is 6.33. The predicted octanol–water partition coefficient (Wildman–Crippen LogP) is 4.08. The summed E-state index contributed by atoms with van der Waals surface area (Å²) in [7, 11) is 1.53. The van der Waals surface area contributed by atoms with Gasteiger partial charge >= 0.3 is 0 Å². The second-order valence-electron chi connectivity index (χ2n) is 6.93. The van der Waals surface area contributed by atoms with E-state index in [0.29, 0.717) is 33.5 Å². The summed E-state index contributed by atoms with van der Waals surface area (Å²) in [5, 5.41) is 9.64. The number of benzene rings is 2. The molecule has 2 N–H and O–H groups in total. The minimum absolute atomic E-state index is 0.0263.